The minimum absolute atomic E-state index is 0.0408. The fourth-order valence-electron chi connectivity index (χ4n) is 6.45. The van der Waals surface area contributed by atoms with Gasteiger partial charge >= 0.3 is 0 Å². The van der Waals surface area contributed by atoms with Crippen molar-refractivity contribution in [3.8, 4) is 16.9 Å². The fourth-order valence-corrected chi connectivity index (χ4v) is 6.45. The van der Waals surface area contributed by atoms with E-state index in [-0.39, 0.29) is 23.0 Å². The van der Waals surface area contributed by atoms with E-state index < -0.39 is 11.6 Å². The van der Waals surface area contributed by atoms with Crippen LogP contribution in [-0.2, 0) is 0 Å². The van der Waals surface area contributed by atoms with Gasteiger partial charge < -0.3 is 9.15 Å². The third-order valence-electron chi connectivity index (χ3n) is 8.49. The zero-order valence-corrected chi connectivity index (χ0v) is 21.0. The topological polar surface area (TPSA) is 22.4 Å². The van der Waals surface area contributed by atoms with Crippen LogP contribution in [0.1, 0.15) is 82.6 Å². The van der Waals surface area contributed by atoms with Gasteiger partial charge in [-0.3, -0.25) is 0 Å². The summed E-state index contributed by atoms with van der Waals surface area (Å²) in [6.07, 6.45) is 11.8. The number of hydrogen-bond acceptors (Lipinski definition) is 2. The lowest BCUT2D eigenvalue weighted by atomic mass is 9.77. The summed E-state index contributed by atoms with van der Waals surface area (Å²) >= 11 is 0. The molecule has 2 aliphatic rings. The van der Waals surface area contributed by atoms with E-state index in [2.05, 4.69) is 19.1 Å². The van der Waals surface area contributed by atoms with E-state index >= 15 is 8.78 Å². The number of benzene rings is 3. The van der Waals surface area contributed by atoms with Crippen molar-refractivity contribution in [1.29, 1.82) is 0 Å². The molecule has 36 heavy (non-hydrogen) atoms. The fraction of sp³-hybridized carbons (Fsp3) is 0.438. The van der Waals surface area contributed by atoms with E-state index in [0.29, 0.717) is 22.3 Å². The molecule has 3 aromatic carbocycles. The molecule has 4 heteroatoms. The van der Waals surface area contributed by atoms with Gasteiger partial charge in [0.2, 0.25) is 5.82 Å². The van der Waals surface area contributed by atoms with Crippen LogP contribution >= 0.6 is 0 Å². The van der Waals surface area contributed by atoms with Gasteiger partial charge in [0.25, 0.3) is 0 Å². The lowest BCUT2D eigenvalue weighted by molar-refractivity contribution is 0.201. The molecule has 4 aromatic rings. The van der Waals surface area contributed by atoms with Crippen LogP contribution in [0.2, 0.25) is 0 Å². The van der Waals surface area contributed by atoms with Gasteiger partial charge in [-0.25, -0.2) is 4.39 Å². The van der Waals surface area contributed by atoms with Gasteiger partial charge in [0.05, 0.1) is 6.10 Å². The minimum Gasteiger partial charge on any atom is -0.487 e. The number of ether oxygens (including phenoxy) is 1. The molecule has 0 saturated heterocycles. The monoisotopic (exact) mass is 488 g/mol. The molecule has 0 amide bonds. The third-order valence-corrected chi connectivity index (χ3v) is 8.49. The second-order valence-corrected chi connectivity index (χ2v) is 10.8. The molecule has 2 aliphatic carbocycles. The summed E-state index contributed by atoms with van der Waals surface area (Å²) in [5.41, 5.74) is 2.78. The smallest absolute Gasteiger partial charge is 0.208 e. The molecule has 2 nitrogen and oxygen atoms in total. The van der Waals surface area contributed by atoms with Crippen LogP contribution in [-0.4, -0.2) is 6.10 Å². The van der Waals surface area contributed by atoms with E-state index in [1.165, 1.54) is 44.1 Å². The zero-order chi connectivity index (χ0) is 24.6. The van der Waals surface area contributed by atoms with Gasteiger partial charge in [-0.1, -0.05) is 50.1 Å². The van der Waals surface area contributed by atoms with Crippen molar-refractivity contribution >= 4 is 21.9 Å². The van der Waals surface area contributed by atoms with Crippen molar-refractivity contribution in [3.05, 3.63) is 65.7 Å². The van der Waals surface area contributed by atoms with Gasteiger partial charge in [0.15, 0.2) is 22.7 Å². The first-order valence-electron chi connectivity index (χ1n) is 13.7. The van der Waals surface area contributed by atoms with Crippen molar-refractivity contribution in [1.82, 2.24) is 0 Å². The molecule has 1 heterocycles. The maximum absolute atomic E-state index is 15.7. The Morgan fingerprint density at radius 1 is 0.778 bits per heavy atom. The summed E-state index contributed by atoms with van der Waals surface area (Å²) in [5, 5.41) is 1.15. The third kappa shape index (κ3) is 4.29. The molecule has 1 aromatic heterocycles. The maximum Gasteiger partial charge on any atom is 0.208 e. The Balaban J connectivity index is 1.27. The Labute approximate surface area is 211 Å². The number of hydrogen-bond donors (Lipinski definition) is 0. The lowest BCUT2D eigenvalue weighted by Gasteiger charge is -2.28. The summed E-state index contributed by atoms with van der Waals surface area (Å²) in [7, 11) is 0. The second-order valence-electron chi connectivity index (χ2n) is 10.8. The van der Waals surface area contributed by atoms with Gasteiger partial charge in [-0.2, -0.15) is 4.39 Å². The number of halogens is 2. The molecule has 0 radical (unpaired) electrons. The second kappa shape index (κ2) is 9.88. The van der Waals surface area contributed by atoms with Crippen LogP contribution in [0, 0.1) is 17.6 Å². The summed E-state index contributed by atoms with van der Waals surface area (Å²) < 4.78 is 42.6. The average molecular weight is 489 g/mol. The van der Waals surface area contributed by atoms with Gasteiger partial charge in [-0.05, 0) is 92.5 Å². The van der Waals surface area contributed by atoms with E-state index in [1.54, 1.807) is 18.2 Å². The highest BCUT2D eigenvalue weighted by Gasteiger charge is 2.24. The molecule has 0 aliphatic heterocycles. The molecule has 0 bridgehead atoms. The summed E-state index contributed by atoms with van der Waals surface area (Å²) in [6, 6.07) is 15.3. The lowest BCUT2D eigenvalue weighted by Crippen LogP contribution is -2.13. The molecular weight excluding hydrogens is 454 g/mol. The Bertz CT molecular complexity index is 1360. The highest BCUT2D eigenvalue weighted by molar-refractivity contribution is 6.06. The predicted octanol–water partition coefficient (Wildman–Crippen LogP) is 9.93. The van der Waals surface area contributed by atoms with Crippen molar-refractivity contribution in [2.75, 3.05) is 0 Å². The van der Waals surface area contributed by atoms with Gasteiger partial charge in [0, 0.05) is 16.3 Å². The van der Waals surface area contributed by atoms with Crippen LogP contribution in [0.15, 0.2) is 52.9 Å². The Morgan fingerprint density at radius 2 is 1.44 bits per heavy atom. The average Bonchev–Trinajstić information content (AvgIpc) is 3.56. The van der Waals surface area contributed by atoms with E-state index in [0.717, 1.165) is 37.2 Å². The molecule has 0 atom stereocenters. The molecular formula is C32H34F2O2. The number of fused-ring (bicyclic) bond motifs is 3. The molecule has 0 spiro atoms. The number of furan rings is 1. The van der Waals surface area contributed by atoms with Crippen LogP contribution in [0.4, 0.5) is 8.78 Å². The number of rotatable bonds is 6. The molecule has 188 valence electrons. The zero-order valence-electron chi connectivity index (χ0n) is 21.0. The highest BCUT2D eigenvalue weighted by Crippen LogP contribution is 2.41. The largest absolute Gasteiger partial charge is 0.487 e. The van der Waals surface area contributed by atoms with Crippen LogP contribution in [0.5, 0.6) is 5.75 Å². The van der Waals surface area contributed by atoms with E-state index in [1.807, 2.05) is 18.2 Å². The Morgan fingerprint density at radius 3 is 2.14 bits per heavy atom. The van der Waals surface area contributed by atoms with Crippen molar-refractivity contribution < 1.29 is 17.9 Å². The van der Waals surface area contributed by atoms with Crippen LogP contribution < -0.4 is 4.74 Å². The summed E-state index contributed by atoms with van der Waals surface area (Å²) in [5.74, 6) is 0.668. The normalized spacial score (nSPS) is 21.0. The minimum atomic E-state index is -0.547. The Hall–Kier alpha value is -2.88. The summed E-state index contributed by atoms with van der Waals surface area (Å²) in [4.78, 5) is 0. The highest BCUT2D eigenvalue weighted by atomic mass is 19.1. The molecule has 0 unspecified atom stereocenters. The summed E-state index contributed by atoms with van der Waals surface area (Å²) in [6.45, 7) is 2.27. The van der Waals surface area contributed by atoms with E-state index in [4.69, 9.17) is 9.15 Å². The Kier molecular flexibility index (Phi) is 6.45. The quantitative estimate of drug-likeness (QED) is 0.269. The first kappa shape index (κ1) is 23.5. The first-order valence-corrected chi connectivity index (χ1v) is 13.7. The van der Waals surface area contributed by atoms with Crippen molar-refractivity contribution in [2.24, 2.45) is 5.92 Å². The molecule has 2 saturated carbocycles. The standard InChI is InChI=1S/C32H34F2O2/c1-2-5-20-8-10-21(11-9-20)22-12-14-23(15-13-22)25-16-17-26-27-18-19-28(35-24-6-3-4-7-24)30(34)32(27)36-31(26)29(25)33/h12-21,24H,2-11H2,1H3. The first-order chi connectivity index (χ1) is 17.6. The maximum atomic E-state index is 15.7. The van der Waals surface area contributed by atoms with Crippen LogP contribution in [0.25, 0.3) is 33.1 Å². The molecule has 2 fully saturated rings. The van der Waals surface area contributed by atoms with Gasteiger partial charge in [0.1, 0.15) is 0 Å². The predicted molar refractivity (Wildman–Crippen MR) is 142 cm³/mol. The SMILES string of the molecule is CCCC1CCC(c2ccc(-c3ccc4c(oc5c(F)c(OC6CCCC6)ccc54)c3F)cc2)CC1. The molecule has 0 N–H and O–H groups in total. The van der Waals surface area contributed by atoms with Gasteiger partial charge in [-0.15, -0.1) is 0 Å². The van der Waals surface area contributed by atoms with Crippen molar-refractivity contribution in [2.45, 2.75) is 83.2 Å². The van der Waals surface area contributed by atoms with E-state index in [9.17, 15) is 0 Å². The molecule has 6 rings (SSSR count). The van der Waals surface area contributed by atoms with Crippen molar-refractivity contribution in [3.63, 3.8) is 0 Å². The van der Waals surface area contributed by atoms with Crippen LogP contribution in [0.3, 0.4) is 0 Å².